The molecule has 0 atom stereocenters. The molecule has 6 heteroatoms. The van der Waals surface area contributed by atoms with Crippen LogP contribution in [0.15, 0.2) is 17.0 Å². The largest absolute Gasteiger partial charge is 0.262 e. The van der Waals surface area contributed by atoms with Crippen molar-refractivity contribution < 1.29 is 8.42 Å². The van der Waals surface area contributed by atoms with Crippen LogP contribution in [0.1, 0.15) is 23.6 Å². The van der Waals surface area contributed by atoms with Crippen molar-refractivity contribution >= 4 is 31.3 Å². The van der Waals surface area contributed by atoms with Crippen LogP contribution in [0.5, 0.6) is 0 Å². The maximum absolute atomic E-state index is 11.4. The van der Waals surface area contributed by atoms with Gasteiger partial charge in [-0.2, -0.15) is 5.26 Å². The lowest BCUT2D eigenvalue weighted by molar-refractivity contribution is 0.608. The molecule has 0 saturated heterocycles. The Hall–Kier alpha value is -0.760. The normalized spacial score (nSPS) is 11.1. The number of alkyl halides is 1. The van der Waals surface area contributed by atoms with Crippen LogP contribution in [0.2, 0.25) is 0 Å². The molecule has 0 N–H and O–H groups in total. The van der Waals surface area contributed by atoms with Crippen molar-refractivity contribution in [1.82, 2.24) is 0 Å². The number of halogens is 2. The summed E-state index contributed by atoms with van der Waals surface area (Å²) in [6.07, 6.45) is 0.632. The first-order chi connectivity index (χ1) is 7.45. The zero-order valence-electron chi connectivity index (χ0n) is 8.50. The summed E-state index contributed by atoms with van der Waals surface area (Å²) in [6, 6.07) is 4.95. The maximum Gasteiger partial charge on any atom is 0.262 e. The summed E-state index contributed by atoms with van der Waals surface area (Å²) in [7, 11) is 1.36. The predicted octanol–water partition coefficient (Wildman–Crippen LogP) is 2.79. The maximum atomic E-state index is 11.4. The van der Waals surface area contributed by atoms with Gasteiger partial charge in [-0.05, 0) is 23.6 Å². The third-order valence-electron chi connectivity index (χ3n) is 2.24. The molecule has 1 aromatic rings. The summed E-state index contributed by atoms with van der Waals surface area (Å²) in [5, 5.41) is 8.85. The van der Waals surface area contributed by atoms with E-state index < -0.39 is 9.05 Å². The molecule has 0 bridgehead atoms. The monoisotopic (exact) mass is 277 g/mol. The number of hydrogen-bond donors (Lipinski definition) is 0. The molecule has 0 aliphatic rings. The van der Waals surface area contributed by atoms with Gasteiger partial charge in [0.1, 0.15) is 11.0 Å². The summed E-state index contributed by atoms with van der Waals surface area (Å²) >= 11 is 5.72. The topological polar surface area (TPSA) is 57.9 Å². The Morgan fingerprint density at radius 1 is 1.44 bits per heavy atom. The van der Waals surface area contributed by atoms with Crippen LogP contribution in [0.25, 0.3) is 0 Å². The fraction of sp³-hybridized carbons (Fsp3) is 0.300. The van der Waals surface area contributed by atoms with Gasteiger partial charge in [-0.15, -0.1) is 11.6 Å². The zero-order valence-corrected chi connectivity index (χ0v) is 10.8. The minimum atomic E-state index is -3.96. The molecule has 0 aliphatic heterocycles. The molecule has 0 amide bonds. The number of aryl methyl sites for hydroxylation is 1. The van der Waals surface area contributed by atoms with Gasteiger partial charge < -0.3 is 0 Å². The summed E-state index contributed by atoms with van der Waals surface area (Å²) in [6.45, 7) is 1.88. The van der Waals surface area contributed by atoms with Crippen molar-refractivity contribution in [3.63, 3.8) is 0 Å². The summed E-state index contributed by atoms with van der Waals surface area (Å²) in [5.74, 6) is 0.0139. The first kappa shape index (κ1) is 13.3. The van der Waals surface area contributed by atoms with Gasteiger partial charge in [0.2, 0.25) is 0 Å². The molecule has 0 spiro atoms. The second kappa shape index (κ2) is 5.05. The molecule has 0 aliphatic carbocycles. The molecule has 0 saturated carbocycles. The van der Waals surface area contributed by atoms with Crippen LogP contribution in [-0.4, -0.2) is 8.42 Å². The van der Waals surface area contributed by atoms with E-state index in [9.17, 15) is 8.42 Å². The Balaban J connectivity index is 3.72. The Morgan fingerprint density at radius 3 is 2.44 bits per heavy atom. The third-order valence-corrected chi connectivity index (χ3v) is 3.92. The fourth-order valence-electron chi connectivity index (χ4n) is 1.51. The van der Waals surface area contributed by atoms with E-state index in [0.29, 0.717) is 12.0 Å². The molecule has 86 valence electrons. The molecule has 0 radical (unpaired) electrons. The van der Waals surface area contributed by atoms with E-state index in [2.05, 4.69) is 0 Å². The Bertz CT molecular complexity index is 547. The standard InChI is InChI=1S/C10H9Cl2NO2S/c1-2-7-3-4-8(6-13)10(9(7)5-11)16(12,14)15/h3-4H,2,5H2,1H3. The van der Waals surface area contributed by atoms with Gasteiger partial charge in [0.15, 0.2) is 0 Å². The van der Waals surface area contributed by atoms with Crippen LogP contribution in [0.4, 0.5) is 0 Å². The average Bonchev–Trinajstić information content (AvgIpc) is 2.25. The number of hydrogen-bond acceptors (Lipinski definition) is 3. The molecule has 1 rings (SSSR count). The van der Waals surface area contributed by atoms with Gasteiger partial charge >= 0.3 is 0 Å². The molecule has 0 unspecified atom stereocenters. The van der Waals surface area contributed by atoms with Gasteiger partial charge in [0, 0.05) is 16.6 Å². The predicted molar refractivity (Wildman–Crippen MR) is 63.1 cm³/mol. The van der Waals surface area contributed by atoms with Crippen molar-refractivity contribution in [2.75, 3.05) is 0 Å². The highest BCUT2D eigenvalue weighted by molar-refractivity contribution is 8.13. The molecular formula is C10H9Cl2NO2S. The van der Waals surface area contributed by atoms with E-state index in [1.807, 2.05) is 6.92 Å². The lowest BCUT2D eigenvalue weighted by Crippen LogP contribution is -2.04. The average molecular weight is 278 g/mol. The van der Waals surface area contributed by atoms with Crippen molar-refractivity contribution in [2.24, 2.45) is 0 Å². The number of rotatable bonds is 3. The summed E-state index contributed by atoms with van der Waals surface area (Å²) in [5.41, 5.74) is 1.23. The van der Waals surface area contributed by atoms with E-state index in [1.54, 1.807) is 12.1 Å². The Morgan fingerprint density at radius 2 is 2.06 bits per heavy atom. The molecule has 0 heterocycles. The highest BCUT2D eigenvalue weighted by Crippen LogP contribution is 2.28. The SMILES string of the molecule is CCc1ccc(C#N)c(S(=O)(=O)Cl)c1CCl. The van der Waals surface area contributed by atoms with E-state index in [-0.39, 0.29) is 16.3 Å². The van der Waals surface area contributed by atoms with Crippen LogP contribution in [0.3, 0.4) is 0 Å². The van der Waals surface area contributed by atoms with E-state index in [1.165, 1.54) is 6.07 Å². The first-order valence-electron chi connectivity index (χ1n) is 4.51. The second-order valence-electron chi connectivity index (χ2n) is 3.12. The van der Waals surface area contributed by atoms with Gasteiger partial charge in [-0.3, -0.25) is 0 Å². The Kier molecular flexibility index (Phi) is 4.20. The smallest absolute Gasteiger partial charge is 0.207 e. The molecular weight excluding hydrogens is 269 g/mol. The highest BCUT2D eigenvalue weighted by Gasteiger charge is 2.22. The van der Waals surface area contributed by atoms with E-state index in [0.717, 1.165) is 5.56 Å². The van der Waals surface area contributed by atoms with Gasteiger partial charge in [0.05, 0.1) is 5.56 Å². The van der Waals surface area contributed by atoms with Gasteiger partial charge in [0.25, 0.3) is 9.05 Å². The van der Waals surface area contributed by atoms with Crippen LogP contribution in [0, 0.1) is 11.3 Å². The lowest BCUT2D eigenvalue weighted by Gasteiger charge is -2.10. The van der Waals surface area contributed by atoms with E-state index in [4.69, 9.17) is 27.5 Å². The number of nitrogens with zero attached hydrogens (tertiary/aromatic N) is 1. The third kappa shape index (κ3) is 2.49. The van der Waals surface area contributed by atoms with Crippen molar-refractivity contribution in [2.45, 2.75) is 24.1 Å². The molecule has 0 fully saturated rings. The molecule has 1 aromatic carbocycles. The number of nitriles is 1. The van der Waals surface area contributed by atoms with Crippen molar-refractivity contribution in [3.8, 4) is 6.07 Å². The van der Waals surface area contributed by atoms with Crippen LogP contribution in [-0.2, 0) is 21.4 Å². The summed E-state index contributed by atoms with van der Waals surface area (Å²) < 4.78 is 22.8. The Labute approximate surface area is 104 Å². The second-order valence-corrected chi connectivity index (χ2v) is 5.89. The first-order valence-corrected chi connectivity index (χ1v) is 7.35. The minimum absolute atomic E-state index is 0.0139. The van der Waals surface area contributed by atoms with Crippen LogP contribution >= 0.6 is 22.3 Å². The van der Waals surface area contributed by atoms with Gasteiger partial charge in [-0.1, -0.05) is 13.0 Å². The summed E-state index contributed by atoms with van der Waals surface area (Å²) in [4.78, 5) is -0.161. The van der Waals surface area contributed by atoms with Crippen LogP contribution < -0.4 is 0 Å². The fourth-order valence-corrected chi connectivity index (χ4v) is 3.30. The number of benzene rings is 1. The molecule has 3 nitrogen and oxygen atoms in total. The highest BCUT2D eigenvalue weighted by atomic mass is 35.7. The van der Waals surface area contributed by atoms with Crippen molar-refractivity contribution in [3.05, 3.63) is 28.8 Å². The van der Waals surface area contributed by atoms with E-state index >= 15 is 0 Å². The lowest BCUT2D eigenvalue weighted by atomic mass is 10.0. The zero-order chi connectivity index (χ0) is 12.3. The minimum Gasteiger partial charge on any atom is -0.207 e. The van der Waals surface area contributed by atoms with Crippen molar-refractivity contribution in [1.29, 1.82) is 5.26 Å². The molecule has 16 heavy (non-hydrogen) atoms. The quantitative estimate of drug-likeness (QED) is 0.631. The van der Waals surface area contributed by atoms with Gasteiger partial charge in [-0.25, -0.2) is 8.42 Å². The molecule has 0 aromatic heterocycles.